The molecule has 0 spiro atoms. The lowest BCUT2D eigenvalue weighted by molar-refractivity contribution is -0.117. The van der Waals surface area contributed by atoms with Crippen LogP contribution in [0.4, 0.5) is 4.39 Å². The normalized spacial score (nSPS) is 12.5. The molecule has 3 aromatic rings. The molecule has 1 aromatic carbocycles. The molecule has 0 aliphatic carbocycles. The molecule has 2 aromatic heterocycles. The minimum absolute atomic E-state index is 0.165. The fraction of sp³-hybridized carbons (Fsp3) is 0.238. The van der Waals surface area contributed by atoms with Gasteiger partial charge in [0.1, 0.15) is 17.3 Å². The molecule has 0 bridgehead atoms. The van der Waals surface area contributed by atoms with E-state index in [1.807, 2.05) is 27.8 Å². The minimum atomic E-state index is -0.351. The van der Waals surface area contributed by atoms with Gasteiger partial charge < -0.3 is 9.73 Å². The van der Waals surface area contributed by atoms with Crippen LogP contribution in [-0.4, -0.2) is 15.7 Å². The van der Waals surface area contributed by atoms with Crippen LogP contribution in [0.25, 0.3) is 17.4 Å². The summed E-state index contributed by atoms with van der Waals surface area (Å²) in [5.41, 5.74) is 3.31. The highest BCUT2D eigenvalue weighted by atomic mass is 19.1. The Morgan fingerprint density at radius 1 is 1.26 bits per heavy atom. The van der Waals surface area contributed by atoms with Crippen LogP contribution in [0.1, 0.15) is 35.7 Å². The monoisotopic (exact) mass is 367 g/mol. The first kappa shape index (κ1) is 18.6. The SMILES string of the molecule is Cc1nn(C)c(C)c1C(C)NC(=O)/C=C/c1ccc(-c2ccccc2F)o1. The van der Waals surface area contributed by atoms with Crippen LogP contribution < -0.4 is 5.32 Å². The molecule has 5 nitrogen and oxygen atoms in total. The Labute approximate surface area is 157 Å². The smallest absolute Gasteiger partial charge is 0.244 e. The van der Waals surface area contributed by atoms with E-state index in [-0.39, 0.29) is 17.8 Å². The van der Waals surface area contributed by atoms with Crippen LogP contribution in [0.5, 0.6) is 0 Å². The zero-order chi connectivity index (χ0) is 19.6. The van der Waals surface area contributed by atoms with E-state index in [1.54, 1.807) is 41.1 Å². The Kier molecular flexibility index (Phi) is 5.26. The summed E-state index contributed by atoms with van der Waals surface area (Å²) in [6.07, 6.45) is 2.97. The van der Waals surface area contributed by atoms with E-state index in [0.717, 1.165) is 17.0 Å². The van der Waals surface area contributed by atoms with Gasteiger partial charge in [-0.2, -0.15) is 5.10 Å². The van der Waals surface area contributed by atoms with Crippen LogP contribution in [0, 0.1) is 19.7 Å². The van der Waals surface area contributed by atoms with Crippen molar-refractivity contribution in [2.45, 2.75) is 26.8 Å². The highest BCUT2D eigenvalue weighted by Crippen LogP contribution is 2.25. The van der Waals surface area contributed by atoms with Crippen molar-refractivity contribution in [3.8, 4) is 11.3 Å². The van der Waals surface area contributed by atoms with Crippen molar-refractivity contribution in [2.75, 3.05) is 0 Å². The van der Waals surface area contributed by atoms with Crippen LogP contribution in [0.2, 0.25) is 0 Å². The molecule has 1 unspecified atom stereocenters. The van der Waals surface area contributed by atoms with E-state index in [0.29, 0.717) is 17.1 Å². The van der Waals surface area contributed by atoms with Crippen LogP contribution in [0.3, 0.4) is 0 Å². The molecule has 3 rings (SSSR count). The number of amides is 1. The Morgan fingerprint density at radius 3 is 2.67 bits per heavy atom. The third-order valence-electron chi connectivity index (χ3n) is 4.52. The lowest BCUT2D eigenvalue weighted by atomic mass is 10.1. The summed E-state index contributed by atoms with van der Waals surface area (Å²) < 4.78 is 21.2. The number of nitrogens with one attached hydrogen (secondary N) is 1. The van der Waals surface area contributed by atoms with Gasteiger partial charge in [0.25, 0.3) is 0 Å². The number of aromatic nitrogens is 2. The van der Waals surface area contributed by atoms with Gasteiger partial charge in [0.05, 0.1) is 17.3 Å². The predicted molar refractivity (Wildman–Crippen MR) is 102 cm³/mol. The van der Waals surface area contributed by atoms with Gasteiger partial charge in [0.15, 0.2) is 0 Å². The van der Waals surface area contributed by atoms with E-state index >= 15 is 0 Å². The number of halogens is 1. The first-order valence-corrected chi connectivity index (χ1v) is 8.70. The van der Waals surface area contributed by atoms with Gasteiger partial charge in [-0.3, -0.25) is 9.48 Å². The summed E-state index contributed by atoms with van der Waals surface area (Å²) in [7, 11) is 1.88. The number of carbonyl (C=O) groups is 1. The number of hydrogen-bond acceptors (Lipinski definition) is 3. The summed E-state index contributed by atoms with van der Waals surface area (Å²) in [4.78, 5) is 12.2. The standard InChI is InChI=1S/C21H22FN3O2/c1-13(21-14(2)24-25(4)15(21)3)23-20(26)12-10-16-9-11-19(27-16)17-7-5-6-8-18(17)22/h5-13H,1-4H3,(H,23,26)/b12-10+. The summed E-state index contributed by atoms with van der Waals surface area (Å²) in [5.74, 6) is 0.304. The molecule has 1 N–H and O–H groups in total. The molecule has 27 heavy (non-hydrogen) atoms. The highest BCUT2D eigenvalue weighted by Gasteiger charge is 2.17. The van der Waals surface area contributed by atoms with Gasteiger partial charge in [-0.15, -0.1) is 0 Å². The van der Waals surface area contributed by atoms with Gasteiger partial charge in [-0.25, -0.2) is 4.39 Å². The largest absolute Gasteiger partial charge is 0.457 e. The van der Waals surface area contributed by atoms with Crippen LogP contribution in [0.15, 0.2) is 46.9 Å². The minimum Gasteiger partial charge on any atom is -0.457 e. The van der Waals surface area contributed by atoms with Crippen molar-refractivity contribution in [3.63, 3.8) is 0 Å². The van der Waals surface area contributed by atoms with Crippen molar-refractivity contribution < 1.29 is 13.6 Å². The molecule has 0 fully saturated rings. The molecule has 1 amide bonds. The topological polar surface area (TPSA) is 60.1 Å². The van der Waals surface area contributed by atoms with E-state index in [1.165, 1.54) is 12.1 Å². The molecule has 6 heteroatoms. The van der Waals surface area contributed by atoms with Gasteiger partial charge in [0, 0.05) is 24.4 Å². The molecular formula is C21H22FN3O2. The third-order valence-corrected chi connectivity index (χ3v) is 4.52. The Hall–Kier alpha value is -3.15. The van der Waals surface area contributed by atoms with Crippen LogP contribution in [-0.2, 0) is 11.8 Å². The molecule has 0 aliphatic rings. The number of benzene rings is 1. The second kappa shape index (κ2) is 7.61. The zero-order valence-corrected chi connectivity index (χ0v) is 15.8. The van der Waals surface area contributed by atoms with Crippen molar-refractivity contribution in [2.24, 2.45) is 7.05 Å². The van der Waals surface area contributed by atoms with Crippen LogP contribution >= 0.6 is 0 Å². The van der Waals surface area contributed by atoms with Crippen molar-refractivity contribution in [1.82, 2.24) is 15.1 Å². The van der Waals surface area contributed by atoms with Crippen molar-refractivity contribution in [1.29, 1.82) is 0 Å². The molecule has 0 saturated heterocycles. The van der Waals surface area contributed by atoms with E-state index in [2.05, 4.69) is 10.4 Å². The fourth-order valence-electron chi connectivity index (χ4n) is 3.16. The number of carbonyl (C=O) groups excluding carboxylic acids is 1. The van der Waals surface area contributed by atoms with Gasteiger partial charge in [0.2, 0.25) is 5.91 Å². The molecular weight excluding hydrogens is 345 g/mol. The van der Waals surface area contributed by atoms with Crippen molar-refractivity contribution >= 4 is 12.0 Å². The van der Waals surface area contributed by atoms with E-state index < -0.39 is 0 Å². The second-order valence-corrected chi connectivity index (χ2v) is 6.45. The Bertz CT molecular complexity index is 1000. The first-order valence-electron chi connectivity index (χ1n) is 8.70. The molecule has 0 aliphatic heterocycles. The quantitative estimate of drug-likeness (QED) is 0.683. The van der Waals surface area contributed by atoms with E-state index in [9.17, 15) is 9.18 Å². The fourth-order valence-corrected chi connectivity index (χ4v) is 3.16. The maximum absolute atomic E-state index is 13.8. The Morgan fingerprint density at radius 2 is 2.00 bits per heavy atom. The summed E-state index contributed by atoms with van der Waals surface area (Å²) in [6.45, 7) is 5.82. The molecule has 0 saturated carbocycles. The number of nitrogens with zero attached hydrogens (tertiary/aromatic N) is 2. The zero-order valence-electron chi connectivity index (χ0n) is 15.8. The van der Waals surface area contributed by atoms with Gasteiger partial charge in [-0.1, -0.05) is 12.1 Å². The number of hydrogen-bond donors (Lipinski definition) is 1. The summed E-state index contributed by atoms with van der Waals surface area (Å²) in [5, 5.41) is 7.30. The maximum atomic E-state index is 13.8. The van der Waals surface area contributed by atoms with Crippen molar-refractivity contribution in [3.05, 3.63) is 71.0 Å². The molecule has 1 atom stereocenters. The lowest BCUT2D eigenvalue weighted by Crippen LogP contribution is -2.25. The molecule has 2 heterocycles. The predicted octanol–water partition coefficient (Wildman–Crippen LogP) is 4.33. The maximum Gasteiger partial charge on any atom is 0.244 e. The Balaban J connectivity index is 1.68. The molecule has 0 radical (unpaired) electrons. The third kappa shape index (κ3) is 4.00. The lowest BCUT2D eigenvalue weighted by Gasteiger charge is -2.13. The average Bonchev–Trinajstić information content (AvgIpc) is 3.18. The highest BCUT2D eigenvalue weighted by molar-refractivity contribution is 5.91. The first-order chi connectivity index (χ1) is 12.9. The van der Waals surface area contributed by atoms with E-state index in [4.69, 9.17) is 4.42 Å². The van der Waals surface area contributed by atoms with Gasteiger partial charge in [-0.05, 0) is 51.1 Å². The number of furan rings is 1. The summed E-state index contributed by atoms with van der Waals surface area (Å²) >= 11 is 0. The summed E-state index contributed by atoms with van der Waals surface area (Å²) in [6, 6.07) is 9.61. The molecule has 140 valence electrons. The second-order valence-electron chi connectivity index (χ2n) is 6.45. The average molecular weight is 367 g/mol. The van der Waals surface area contributed by atoms with Gasteiger partial charge >= 0.3 is 0 Å². The number of aryl methyl sites for hydroxylation is 2. The number of rotatable bonds is 5.